The first-order chi connectivity index (χ1) is 13.1. The van der Waals surface area contributed by atoms with Gasteiger partial charge in [-0.25, -0.2) is 0 Å². The van der Waals surface area contributed by atoms with E-state index in [1.807, 2.05) is 48.8 Å². The maximum absolute atomic E-state index is 11.0. The predicted octanol–water partition coefficient (Wildman–Crippen LogP) is 5.51. The summed E-state index contributed by atoms with van der Waals surface area (Å²) in [7, 11) is 0. The molecule has 0 aliphatic heterocycles. The van der Waals surface area contributed by atoms with Crippen molar-refractivity contribution >= 4 is 46.0 Å². The molecule has 3 rings (SSSR count). The van der Waals surface area contributed by atoms with Crippen LogP contribution in [0.1, 0.15) is 18.1 Å². The highest BCUT2D eigenvalue weighted by Crippen LogP contribution is 2.22. The molecule has 0 unspecified atom stereocenters. The van der Waals surface area contributed by atoms with Gasteiger partial charge in [0.15, 0.2) is 23.1 Å². The van der Waals surface area contributed by atoms with Gasteiger partial charge in [0.25, 0.3) is 5.70 Å². The van der Waals surface area contributed by atoms with Gasteiger partial charge >= 0.3 is 0 Å². The summed E-state index contributed by atoms with van der Waals surface area (Å²) in [5.41, 5.74) is 3.23. The van der Waals surface area contributed by atoms with Gasteiger partial charge in [-0.2, -0.15) is 4.57 Å². The summed E-state index contributed by atoms with van der Waals surface area (Å²) < 4.78 is 1.80. The van der Waals surface area contributed by atoms with Crippen molar-refractivity contribution in [2.75, 3.05) is 5.32 Å². The van der Waals surface area contributed by atoms with Gasteiger partial charge in [0.2, 0.25) is 0 Å². The molecule has 0 amide bonds. The molecule has 2 aromatic carbocycles. The molecule has 136 valence electrons. The molecule has 0 atom stereocenters. The summed E-state index contributed by atoms with van der Waals surface area (Å²) in [6, 6.07) is 20.7. The van der Waals surface area contributed by atoms with Crippen LogP contribution < -0.4 is 9.88 Å². The summed E-state index contributed by atoms with van der Waals surface area (Å²) in [5, 5.41) is 14.9. The van der Waals surface area contributed by atoms with Crippen LogP contribution >= 0.6 is 23.8 Å². The highest BCUT2D eigenvalue weighted by atomic mass is 35.5. The third-order valence-electron chi connectivity index (χ3n) is 4.18. The van der Waals surface area contributed by atoms with Gasteiger partial charge in [0.05, 0.1) is 0 Å². The Balaban J connectivity index is 2.06. The zero-order valence-electron chi connectivity index (χ0n) is 14.9. The third-order valence-corrected chi connectivity index (χ3v) is 4.72. The molecule has 2 N–H and O–H groups in total. The van der Waals surface area contributed by atoms with Gasteiger partial charge in [-0.1, -0.05) is 55.0 Å². The highest BCUT2D eigenvalue weighted by molar-refractivity contribution is 7.81. The van der Waals surface area contributed by atoms with Gasteiger partial charge < -0.3 is 10.4 Å². The van der Waals surface area contributed by atoms with Crippen molar-refractivity contribution < 1.29 is 9.67 Å². The molecule has 27 heavy (non-hydrogen) atoms. The van der Waals surface area contributed by atoms with Crippen molar-refractivity contribution in [3.8, 4) is 0 Å². The van der Waals surface area contributed by atoms with Gasteiger partial charge in [-0.15, -0.1) is 0 Å². The average Bonchev–Trinajstić information content (AvgIpc) is 2.70. The summed E-state index contributed by atoms with van der Waals surface area (Å²) >= 11 is 11.6. The van der Waals surface area contributed by atoms with E-state index < -0.39 is 0 Å². The van der Waals surface area contributed by atoms with Gasteiger partial charge in [0.1, 0.15) is 0 Å². The monoisotopic (exact) mass is 395 g/mol. The number of pyridine rings is 1. The number of hydrogen-bond donors (Lipinski definition) is 2. The van der Waals surface area contributed by atoms with Crippen LogP contribution in [0.15, 0.2) is 79.1 Å². The number of benzene rings is 2. The second-order valence-corrected chi connectivity index (χ2v) is 6.80. The van der Waals surface area contributed by atoms with Crippen molar-refractivity contribution in [3.05, 3.63) is 95.3 Å². The molecular weight excluding hydrogens is 376 g/mol. The lowest BCUT2D eigenvalue weighted by Gasteiger charge is -2.12. The summed E-state index contributed by atoms with van der Waals surface area (Å²) in [4.78, 5) is 0.430. The number of rotatable bonds is 5. The number of hydrogen-bond acceptors (Lipinski definition) is 2. The van der Waals surface area contributed by atoms with Crippen LogP contribution in [0, 0.1) is 0 Å². The predicted molar refractivity (Wildman–Crippen MR) is 116 cm³/mol. The number of thiocarbonyl (C=S) groups is 1. The zero-order valence-corrected chi connectivity index (χ0v) is 16.5. The molecule has 0 spiro atoms. The van der Waals surface area contributed by atoms with Crippen molar-refractivity contribution in [1.29, 1.82) is 0 Å². The van der Waals surface area contributed by atoms with Crippen molar-refractivity contribution in [3.63, 3.8) is 0 Å². The zero-order chi connectivity index (χ0) is 19.2. The molecule has 3 nitrogen and oxygen atoms in total. The number of anilines is 1. The molecule has 0 bridgehead atoms. The number of nitrogens with zero attached hydrogens (tertiary/aromatic N) is 1. The molecule has 0 saturated heterocycles. The summed E-state index contributed by atoms with van der Waals surface area (Å²) in [5.74, 6) is 0.0781. The number of nitrogens with one attached hydrogen (secondary N) is 1. The topological polar surface area (TPSA) is 36.1 Å². The number of aliphatic hydroxyl groups excluding tert-OH is 1. The molecule has 5 heteroatoms. The lowest BCUT2D eigenvalue weighted by molar-refractivity contribution is -0.575. The van der Waals surface area contributed by atoms with Crippen LogP contribution in [0.4, 0.5) is 5.69 Å². The quantitative estimate of drug-likeness (QED) is 0.258. The van der Waals surface area contributed by atoms with E-state index in [0.717, 1.165) is 17.7 Å². The lowest BCUT2D eigenvalue weighted by Crippen LogP contribution is -2.38. The van der Waals surface area contributed by atoms with E-state index in [9.17, 15) is 5.11 Å². The van der Waals surface area contributed by atoms with Crippen molar-refractivity contribution in [2.24, 2.45) is 0 Å². The first-order valence-electron chi connectivity index (χ1n) is 8.65. The van der Waals surface area contributed by atoms with Crippen LogP contribution in [0.2, 0.25) is 5.02 Å². The molecule has 0 aliphatic rings. The third kappa shape index (κ3) is 4.54. The molecule has 0 radical (unpaired) electrons. The largest absolute Gasteiger partial charge is 0.502 e. The Morgan fingerprint density at radius 3 is 2.33 bits per heavy atom. The average molecular weight is 396 g/mol. The fourth-order valence-corrected chi connectivity index (χ4v) is 3.21. The Morgan fingerprint density at radius 2 is 1.67 bits per heavy atom. The Bertz CT molecular complexity index is 969. The van der Waals surface area contributed by atoms with Gasteiger partial charge in [-0.05, 0) is 42.3 Å². The van der Waals surface area contributed by atoms with Crippen LogP contribution in [0.5, 0.6) is 0 Å². The first kappa shape index (κ1) is 19.1. The molecule has 1 heterocycles. The van der Waals surface area contributed by atoms with E-state index in [0.29, 0.717) is 21.3 Å². The fourth-order valence-electron chi connectivity index (χ4n) is 2.77. The second-order valence-electron chi connectivity index (χ2n) is 5.95. The normalized spacial score (nSPS) is 11.6. The van der Waals surface area contributed by atoms with E-state index in [2.05, 4.69) is 18.3 Å². The molecule has 0 aliphatic carbocycles. The summed E-state index contributed by atoms with van der Waals surface area (Å²) in [6.45, 7) is 2.09. The minimum absolute atomic E-state index is 0.0781. The maximum atomic E-state index is 11.0. The molecule has 0 saturated carbocycles. The molecular formula is C22H20ClN2OS+. The van der Waals surface area contributed by atoms with Crippen LogP contribution in [-0.4, -0.2) is 10.1 Å². The molecule has 3 aromatic rings. The van der Waals surface area contributed by atoms with Crippen LogP contribution in [-0.2, 0) is 6.42 Å². The number of halogens is 1. The Kier molecular flexibility index (Phi) is 6.22. The van der Waals surface area contributed by atoms with Crippen LogP contribution in [0.25, 0.3) is 11.5 Å². The lowest BCUT2D eigenvalue weighted by atomic mass is 10.1. The highest BCUT2D eigenvalue weighted by Gasteiger charge is 2.24. The number of aryl methyl sites for hydroxylation is 1. The molecule has 0 fully saturated rings. The first-order valence-corrected chi connectivity index (χ1v) is 9.44. The minimum Gasteiger partial charge on any atom is -0.502 e. The van der Waals surface area contributed by atoms with E-state index in [4.69, 9.17) is 23.8 Å². The molecule has 1 aromatic heterocycles. The maximum Gasteiger partial charge on any atom is 0.288 e. The smallest absolute Gasteiger partial charge is 0.288 e. The minimum atomic E-state index is 0.0781. The van der Waals surface area contributed by atoms with Gasteiger partial charge in [-0.3, -0.25) is 0 Å². The fraction of sp³-hybridized carbons (Fsp3) is 0.0909. The standard InChI is InChI=1S/C22H19ClN2OS/c1-2-16-8-4-5-9-19(16)24-22(27)20(25-14-6-3-7-15-25)21(26)17-10-12-18(23)13-11-17/h3-15H,2H2,1H3,(H-,24,26,27)/p+1. The summed E-state index contributed by atoms with van der Waals surface area (Å²) in [6.07, 6.45) is 4.58. The number of aliphatic hydroxyl groups is 1. The van der Waals surface area contributed by atoms with E-state index >= 15 is 0 Å². The van der Waals surface area contributed by atoms with Crippen molar-refractivity contribution in [2.45, 2.75) is 13.3 Å². The van der Waals surface area contributed by atoms with Crippen molar-refractivity contribution in [1.82, 2.24) is 0 Å². The van der Waals surface area contributed by atoms with Crippen LogP contribution in [0.3, 0.4) is 0 Å². The number of aromatic nitrogens is 1. The Labute approximate surface area is 169 Å². The van der Waals surface area contributed by atoms with E-state index in [1.54, 1.807) is 28.8 Å². The second kappa shape index (κ2) is 8.80. The number of para-hydroxylation sites is 1. The Morgan fingerprint density at radius 1 is 1.00 bits per heavy atom. The van der Waals surface area contributed by atoms with Gasteiger partial charge in [0, 0.05) is 28.4 Å². The Hall–Kier alpha value is -2.69. The van der Waals surface area contributed by atoms with E-state index in [1.165, 1.54) is 0 Å². The SMILES string of the molecule is CCc1ccccc1NC(=S)/C(=C(\O)c1ccc(Cl)cc1)[n+]1ccccc1. The van der Waals surface area contributed by atoms with E-state index in [-0.39, 0.29) is 5.76 Å².